The van der Waals surface area contributed by atoms with Crippen LogP contribution < -0.4 is 4.74 Å². The maximum Gasteiger partial charge on any atom is 0.246 e. The van der Waals surface area contributed by atoms with Gasteiger partial charge in [0.25, 0.3) is 0 Å². The van der Waals surface area contributed by atoms with E-state index in [1.807, 2.05) is 37.4 Å². The Morgan fingerprint density at radius 1 is 1.10 bits per heavy atom. The van der Waals surface area contributed by atoms with E-state index in [2.05, 4.69) is 19.0 Å². The number of benzene rings is 1. The molecular formula is C17H26N2O2. The Hall–Kier alpha value is -1.81. The van der Waals surface area contributed by atoms with E-state index in [1.54, 1.807) is 18.1 Å². The number of hydrogen-bond donors (Lipinski definition) is 0. The van der Waals surface area contributed by atoms with Gasteiger partial charge in [0.1, 0.15) is 5.75 Å². The van der Waals surface area contributed by atoms with Gasteiger partial charge in [-0.3, -0.25) is 4.79 Å². The number of unbranched alkanes of at least 4 members (excludes halogenated alkanes) is 1. The molecule has 116 valence electrons. The average Bonchev–Trinajstić information content (AvgIpc) is 2.49. The fourth-order valence-corrected chi connectivity index (χ4v) is 1.90. The van der Waals surface area contributed by atoms with Crippen molar-refractivity contribution in [2.45, 2.75) is 12.8 Å². The SMILES string of the molecule is COc1ccc(C=CC(=O)N(C)CCCCN(C)C)cc1. The number of rotatable bonds is 8. The normalized spacial score (nSPS) is 11.1. The first-order valence-corrected chi connectivity index (χ1v) is 7.25. The highest BCUT2D eigenvalue weighted by molar-refractivity contribution is 5.91. The van der Waals surface area contributed by atoms with Gasteiger partial charge < -0.3 is 14.5 Å². The summed E-state index contributed by atoms with van der Waals surface area (Å²) >= 11 is 0. The van der Waals surface area contributed by atoms with Crippen LogP contribution in [0.5, 0.6) is 5.75 Å². The lowest BCUT2D eigenvalue weighted by Gasteiger charge is -2.16. The highest BCUT2D eigenvalue weighted by atomic mass is 16.5. The monoisotopic (exact) mass is 290 g/mol. The van der Waals surface area contributed by atoms with Crippen molar-refractivity contribution >= 4 is 12.0 Å². The van der Waals surface area contributed by atoms with E-state index in [0.29, 0.717) is 0 Å². The lowest BCUT2D eigenvalue weighted by Crippen LogP contribution is -2.26. The quantitative estimate of drug-likeness (QED) is 0.545. The van der Waals surface area contributed by atoms with Crippen LogP contribution in [0, 0.1) is 0 Å². The van der Waals surface area contributed by atoms with E-state index in [4.69, 9.17) is 4.74 Å². The van der Waals surface area contributed by atoms with Crippen molar-refractivity contribution < 1.29 is 9.53 Å². The number of methoxy groups -OCH3 is 1. The van der Waals surface area contributed by atoms with Gasteiger partial charge in [0.15, 0.2) is 0 Å². The number of carbonyl (C=O) groups is 1. The second-order valence-corrected chi connectivity index (χ2v) is 5.38. The van der Waals surface area contributed by atoms with Gasteiger partial charge in [-0.05, 0) is 57.3 Å². The summed E-state index contributed by atoms with van der Waals surface area (Å²) in [7, 11) is 7.61. The minimum Gasteiger partial charge on any atom is -0.497 e. The van der Waals surface area contributed by atoms with Crippen LogP contribution in [0.25, 0.3) is 6.08 Å². The first kappa shape index (κ1) is 17.2. The summed E-state index contributed by atoms with van der Waals surface area (Å²) in [6.07, 6.45) is 5.58. The molecule has 1 aromatic rings. The van der Waals surface area contributed by atoms with Crippen molar-refractivity contribution in [3.8, 4) is 5.75 Å². The summed E-state index contributed by atoms with van der Waals surface area (Å²) in [4.78, 5) is 15.9. The summed E-state index contributed by atoms with van der Waals surface area (Å²) in [6.45, 7) is 1.85. The average molecular weight is 290 g/mol. The van der Waals surface area contributed by atoms with Gasteiger partial charge in [-0.25, -0.2) is 0 Å². The lowest BCUT2D eigenvalue weighted by atomic mass is 10.2. The molecule has 0 aliphatic rings. The minimum absolute atomic E-state index is 0.0377. The molecule has 0 N–H and O–H groups in total. The number of likely N-dealkylation sites (N-methyl/N-ethyl adjacent to an activating group) is 1. The summed E-state index contributed by atoms with van der Waals surface area (Å²) in [5.74, 6) is 0.854. The smallest absolute Gasteiger partial charge is 0.246 e. The molecule has 0 radical (unpaired) electrons. The number of ether oxygens (including phenoxy) is 1. The van der Waals surface area contributed by atoms with E-state index in [1.165, 1.54) is 0 Å². The fourth-order valence-electron chi connectivity index (χ4n) is 1.90. The molecule has 4 heteroatoms. The molecule has 4 nitrogen and oxygen atoms in total. The molecule has 0 fully saturated rings. The standard InChI is InChI=1S/C17H26N2O2/c1-18(2)13-5-6-14-19(3)17(20)12-9-15-7-10-16(21-4)11-8-15/h7-12H,5-6,13-14H2,1-4H3. The Morgan fingerprint density at radius 3 is 2.29 bits per heavy atom. The van der Waals surface area contributed by atoms with Crippen molar-refractivity contribution in [1.82, 2.24) is 9.80 Å². The van der Waals surface area contributed by atoms with Crippen LogP contribution in [0.1, 0.15) is 18.4 Å². The Bertz CT molecular complexity index is 452. The van der Waals surface area contributed by atoms with E-state index < -0.39 is 0 Å². The zero-order chi connectivity index (χ0) is 15.7. The molecule has 0 aliphatic heterocycles. The summed E-state index contributed by atoms with van der Waals surface area (Å²) in [6, 6.07) is 7.63. The third-order valence-corrected chi connectivity index (χ3v) is 3.26. The van der Waals surface area contributed by atoms with Gasteiger partial charge >= 0.3 is 0 Å². The van der Waals surface area contributed by atoms with Gasteiger partial charge in [-0.1, -0.05) is 12.1 Å². The maximum atomic E-state index is 12.0. The van der Waals surface area contributed by atoms with Crippen LogP contribution in [-0.4, -0.2) is 57.0 Å². The van der Waals surface area contributed by atoms with E-state index >= 15 is 0 Å². The molecule has 0 spiro atoms. The largest absolute Gasteiger partial charge is 0.497 e. The zero-order valence-electron chi connectivity index (χ0n) is 13.5. The van der Waals surface area contributed by atoms with E-state index in [-0.39, 0.29) is 5.91 Å². The first-order valence-electron chi connectivity index (χ1n) is 7.25. The molecule has 21 heavy (non-hydrogen) atoms. The molecule has 1 rings (SSSR count). The first-order chi connectivity index (χ1) is 10.0. The van der Waals surface area contributed by atoms with E-state index in [9.17, 15) is 4.79 Å². The third kappa shape index (κ3) is 6.95. The number of hydrogen-bond acceptors (Lipinski definition) is 3. The molecule has 0 heterocycles. The van der Waals surface area contributed by atoms with Crippen LogP contribution in [-0.2, 0) is 4.79 Å². The maximum absolute atomic E-state index is 12.0. The highest BCUT2D eigenvalue weighted by Gasteiger charge is 2.04. The molecule has 0 saturated carbocycles. The number of amides is 1. The van der Waals surface area contributed by atoms with Crippen molar-refractivity contribution in [3.05, 3.63) is 35.9 Å². The second kappa shape index (κ2) is 9.19. The molecular weight excluding hydrogens is 264 g/mol. The summed E-state index contributed by atoms with van der Waals surface area (Å²) in [5, 5.41) is 0. The second-order valence-electron chi connectivity index (χ2n) is 5.38. The van der Waals surface area contributed by atoms with Crippen molar-refractivity contribution in [1.29, 1.82) is 0 Å². The summed E-state index contributed by atoms with van der Waals surface area (Å²) in [5.41, 5.74) is 0.991. The van der Waals surface area contributed by atoms with E-state index in [0.717, 1.165) is 37.2 Å². The fraction of sp³-hybridized carbons (Fsp3) is 0.471. The lowest BCUT2D eigenvalue weighted by molar-refractivity contribution is -0.124. The minimum atomic E-state index is 0.0377. The molecule has 0 bridgehead atoms. The topological polar surface area (TPSA) is 32.8 Å². The molecule has 0 aromatic heterocycles. The zero-order valence-corrected chi connectivity index (χ0v) is 13.5. The third-order valence-electron chi connectivity index (χ3n) is 3.26. The summed E-state index contributed by atoms with van der Waals surface area (Å²) < 4.78 is 5.10. The Kier molecular flexibility index (Phi) is 7.54. The van der Waals surface area contributed by atoms with Gasteiger partial charge in [0.2, 0.25) is 5.91 Å². The Morgan fingerprint density at radius 2 is 1.71 bits per heavy atom. The molecule has 1 aromatic carbocycles. The Balaban J connectivity index is 2.38. The van der Waals surface area contributed by atoms with Gasteiger partial charge in [-0.2, -0.15) is 0 Å². The molecule has 0 aliphatic carbocycles. The molecule has 1 amide bonds. The van der Waals surface area contributed by atoms with Crippen LogP contribution in [0.4, 0.5) is 0 Å². The predicted octanol–water partition coefficient (Wildman–Crippen LogP) is 2.51. The molecule has 0 saturated heterocycles. The van der Waals surface area contributed by atoms with Crippen molar-refractivity contribution in [3.63, 3.8) is 0 Å². The number of carbonyl (C=O) groups excluding carboxylic acids is 1. The van der Waals surface area contributed by atoms with Crippen LogP contribution in [0.3, 0.4) is 0 Å². The van der Waals surface area contributed by atoms with Crippen molar-refractivity contribution in [2.24, 2.45) is 0 Å². The highest BCUT2D eigenvalue weighted by Crippen LogP contribution is 2.12. The van der Waals surface area contributed by atoms with Gasteiger partial charge in [0.05, 0.1) is 7.11 Å². The van der Waals surface area contributed by atoms with Gasteiger partial charge in [-0.15, -0.1) is 0 Å². The predicted molar refractivity (Wildman–Crippen MR) is 87.5 cm³/mol. The Labute approximate surface area is 128 Å². The van der Waals surface area contributed by atoms with Crippen LogP contribution in [0.15, 0.2) is 30.3 Å². The van der Waals surface area contributed by atoms with Crippen LogP contribution >= 0.6 is 0 Å². The van der Waals surface area contributed by atoms with Crippen molar-refractivity contribution in [2.75, 3.05) is 41.3 Å². The van der Waals surface area contributed by atoms with Crippen LogP contribution in [0.2, 0.25) is 0 Å². The molecule has 0 unspecified atom stereocenters. The number of nitrogens with zero attached hydrogens (tertiary/aromatic N) is 2. The molecule has 0 atom stereocenters. The van der Waals surface area contributed by atoms with Gasteiger partial charge in [0, 0.05) is 19.7 Å².